The quantitative estimate of drug-likeness (QED) is 0.348. The van der Waals surface area contributed by atoms with Crippen LogP contribution in [0.2, 0.25) is 0 Å². The van der Waals surface area contributed by atoms with Crippen LogP contribution in [0.1, 0.15) is 17.1 Å². The van der Waals surface area contributed by atoms with Crippen molar-refractivity contribution in [1.82, 2.24) is 24.9 Å². The molecule has 2 amide bonds. The number of aryl methyl sites for hydroxylation is 2. The fraction of sp³-hybridized carbons (Fsp3) is 0.333. The van der Waals surface area contributed by atoms with Crippen LogP contribution in [0, 0.1) is 13.8 Å². The van der Waals surface area contributed by atoms with Crippen molar-refractivity contribution in [3.8, 4) is 11.1 Å². The highest BCUT2D eigenvalue weighted by Gasteiger charge is 2.33. The van der Waals surface area contributed by atoms with Crippen molar-refractivity contribution in [1.29, 1.82) is 0 Å². The Bertz CT molecular complexity index is 1450. The zero-order chi connectivity index (χ0) is 27.6. The first kappa shape index (κ1) is 26.4. The number of nitrogens with zero attached hydrogens (tertiary/aromatic N) is 5. The molecule has 0 aliphatic carbocycles. The van der Waals surface area contributed by atoms with Crippen LogP contribution in [-0.2, 0) is 6.18 Å². The Morgan fingerprint density at radius 1 is 1.05 bits per heavy atom. The van der Waals surface area contributed by atoms with Gasteiger partial charge in [-0.15, -0.1) is 0 Å². The molecule has 5 rings (SSSR count). The van der Waals surface area contributed by atoms with E-state index in [0.29, 0.717) is 73.2 Å². The number of alkyl halides is 3. The van der Waals surface area contributed by atoms with Crippen LogP contribution < -0.4 is 10.6 Å². The summed E-state index contributed by atoms with van der Waals surface area (Å²) in [5.74, 6) is 1.04. The molecular weight excluding hydrogens is 511 g/mol. The third-order valence-electron chi connectivity index (χ3n) is 6.75. The SMILES string of the molecule is Cc1noc(C)c1NC(=O)N1CCN(CCNc2ncc(-c3ccccc3)c3nc(C(F)(F)F)ccc23)CC1. The maximum absolute atomic E-state index is 13.4. The number of rotatable bonds is 6. The summed E-state index contributed by atoms with van der Waals surface area (Å²) in [5.41, 5.74) is 1.81. The van der Waals surface area contributed by atoms with Crippen molar-refractivity contribution in [2.75, 3.05) is 49.9 Å². The van der Waals surface area contributed by atoms with Gasteiger partial charge in [0, 0.05) is 56.4 Å². The molecule has 3 aromatic heterocycles. The number of carbonyl (C=O) groups is 1. The summed E-state index contributed by atoms with van der Waals surface area (Å²) in [5, 5.41) is 10.5. The van der Waals surface area contributed by atoms with Crippen molar-refractivity contribution >= 4 is 28.4 Å². The van der Waals surface area contributed by atoms with Gasteiger partial charge in [0.05, 0.1) is 5.52 Å². The van der Waals surface area contributed by atoms with Gasteiger partial charge in [0.1, 0.15) is 22.9 Å². The number of pyridine rings is 2. The van der Waals surface area contributed by atoms with Gasteiger partial charge in [-0.05, 0) is 31.5 Å². The van der Waals surface area contributed by atoms with Gasteiger partial charge in [-0.3, -0.25) is 4.90 Å². The van der Waals surface area contributed by atoms with Crippen molar-refractivity contribution in [2.45, 2.75) is 20.0 Å². The van der Waals surface area contributed by atoms with E-state index in [1.165, 1.54) is 6.07 Å². The Morgan fingerprint density at radius 3 is 2.46 bits per heavy atom. The molecule has 1 saturated heterocycles. The first-order chi connectivity index (χ1) is 18.7. The molecule has 1 aliphatic heterocycles. The van der Waals surface area contributed by atoms with E-state index in [0.717, 1.165) is 11.6 Å². The lowest BCUT2D eigenvalue weighted by Gasteiger charge is -2.34. The van der Waals surface area contributed by atoms with Crippen molar-refractivity contribution in [2.24, 2.45) is 0 Å². The topological polar surface area (TPSA) is 99.4 Å². The lowest BCUT2D eigenvalue weighted by Crippen LogP contribution is -2.50. The molecule has 1 fully saturated rings. The summed E-state index contributed by atoms with van der Waals surface area (Å²) in [6.07, 6.45) is -2.99. The Kier molecular flexibility index (Phi) is 7.38. The fourth-order valence-electron chi connectivity index (χ4n) is 4.60. The first-order valence-corrected chi connectivity index (χ1v) is 12.6. The largest absolute Gasteiger partial charge is 0.433 e. The van der Waals surface area contributed by atoms with E-state index < -0.39 is 11.9 Å². The predicted molar refractivity (Wildman–Crippen MR) is 141 cm³/mol. The van der Waals surface area contributed by atoms with E-state index in [1.807, 2.05) is 30.3 Å². The molecule has 0 saturated carbocycles. The lowest BCUT2D eigenvalue weighted by atomic mass is 10.0. The van der Waals surface area contributed by atoms with E-state index in [2.05, 4.69) is 30.7 Å². The second-order valence-corrected chi connectivity index (χ2v) is 9.36. The highest BCUT2D eigenvalue weighted by atomic mass is 19.4. The summed E-state index contributed by atoms with van der Waals surface area (Å²) >= 11 is 0. The van der Waals surface area contributed by atoms with Crippen LogP contribution in [0.25, 0.3) is 22.0 Å². The summed E-state index contributed by atoms with van der Waals surface area (Å²) in [6, 6.07) is 11.3. The molecule has 4 heterocycles. The zero-order valence-corrected chi connectivity index (χ0v) is 21.5. The molecule has 204 valence electrons. The number of aromatic nitrogens is 3. The molecule has 0 radical (unpaired) electrons. The molecule has 0 bridgehead atoms. The Balaban J connectivity index is 1.23. The number of halogens is 3. The Labute approximate surface area is 223 Å². The number of nitrogens with one attached hydrogen (secondary N) is 2. The summed E-state index contributed by atoms with van der Waals surface area (Å²) in [7, 11) is 0. The van der Waals surface area contributed by atoms with Gasteiger partial charge >= 0.3 is 12.2 Å². The van der Waals surface area contributed by atoms with Crippen LogP contribution in [0.3, 0.4) is 0 Å². The molecule has 0 atom stereocenters. The van der Waals surface area contributed by atoms with E-state index in [9.17, 15) is 18.0 Å². The van der Waals surface area contributed by atoms with Crippen molar-refractivity contribution in [3.63, 3.8) is 0 Å². The number of hydrogen-bond acceptors (Lipinski definition) is 7. The fourth-order valence-corrected chi connectivity index (χ4v) is 4.60. The van der Waals surface area contributed by atoms with E-state index >= 15 is 0 Å². The second kappa shape index (κ2) is 10.9. The maximum Gasteiger partial charge on any atom is 0.433 e. The highest BCUT2D eigenvalue weighted by Crippen LogP contribution is 2.34. The number of hydrogen-bond donors (Lipinski definition) is 2. The molecular formula is C27H28F3N7O2. The average Bonchev–Trinajstić information content (AvgIpc) is 3.25. The second-order valence-electron chi connectivity index (χ2n) is 9.36. The van der Waals surface area contributed by atoms with E-state index in [1.54, 1.807) is 24.9 Å². The summed E-state index contributed by atoms with van der Waals surface area (Å²) in [4.78, 5) is 25.1. The number of amides is 2. The van der Waals surface area contributed by atoms with Gasteiger partial charge in [-0.25, -0.2) is 14.8 Å². The Hall–Kier alpha value is -4.19. The minimum absolute atomic E-state index is 0.193. The normalized spacial score (nSPS) is 14.5. The lowest BCUT2D eigenvalue weighted by molar-refractivity contribution is -0.140. The van der Waals surface area contributed by atoms with E-state index in [4.69, 9.17) is 4.52 Å². The van der Waals surface area contributed by atoms with Gasteiger partial charge in [-0.1, -0.05) is 35.5 Å². The van der Waals surface area contributed by atoms with Gasteiger partial charge in [0.2, 0.25) is 0 Å². The third-order valence-corrected chi connectivity index (χ3v) is 6.75. The van der Waals surface area contributed by atoms with Crippen LogP contribution >= 0.6 is 0 Å². The molecule has 1 aromatic carbocycles. The summed E-state index contributed by atoms with van der Waals surface area (Å²) < 4.78 is 45.4. The third kappa shape index (κ3) is 5.80. The van der Waals surface area contributed by atoms with Gasteiger partial charge in [-0.2, -0.15) is 13.2 Å². The van der Waals surface area contributed by atoms with Crippen molar-refractivity contribution < 1.29 is 22.5 Å². The first-order valence-electron chi connectivity index (χ1n) is 12.6. The number of piperazine rings is 1. The smallest absolute Gasteiger partial charge is 0.368 e. The molecule has 9 nitrogen and oxygen atoms in total. The number of carbonyl (C=O) groups excluding carboxylic acids is 1. The number of urea groups is 1. The standard InChI is InChI=1S/C27H28F3N7O2/c1-17-23(18(2)39-35-17)34-26(38)37-14-12-36(13-15-37)11-10-31-25-20-8-9-22(27(28,29)30)33-24(20)21(16-32-25)19-6-4-3-5-7-19/h3-9,16H,10-15H2,1-2H3,(H,31,32)(H,34,38). The van der Waals surface area contributed by atoms with Gasteiger partial charge in [0.15, 0.2) is 5.76 Å². The van der Waals surface area contributed by atoms with Crippen LogP contribution in [0.4, 0.5) is 29.5 Å². The van der Waals surface area contributed by atoms with Gasteiger partial charge in [0.25, 0.3) is 0 Å². The number of anilines is 2. The monoisotopic (exact) mass is 539 g/mol. The molecule has 12 heteroatoms. The zero-order valence-electron chi connectivity index (χ0n) is 21.5. The molecule has 0 unspecified atom stereocenters. The minimum atomic E-state index is -4.55. The van der Waals surface area contributed by atoms with Crippen LogP contribution in [0.15, 0.2) is 53.2 Å². The molecule has 1 aliphatic rings. The van der Waals surface area contributed by atoms with Crippen molar-refractivity contribution in [3.05, 3.63) is 65.8 Å². The van der Waals surface area contributed by atoms with Crippen LogP contribution in [-0.4, -0.2) is 70.2 Å². The summed E-state index contributed by atoms with van der Waals surface area (Å²) in [6.45, 7) is 7.23. The average molecular weight is 540 g/mol. The van der Waals surface area contributed by atoms with E-state index in [-0.39, 0.29) is 11.5 Å². The highest BCUT2D eigenvalue weighted by molar-refractivity contribution is 5.99. The molecule has 0 spiro atoms. The molecule has 39 heavy (non-hydrogen) atoms. The minimum Gasteiger partial charge on any atom is -0.368 e. The number of fused-ring (bicyclic) bond motifs is 1. The Morgan fingerprint density at radius 2 is 1.79 bits per heavy atom. The maximum atomic E-state index is 13.4. The number of benzene rings is 1. The molecule has 4 aromatic rings. The molecule has 2 N–H and O–H groups in total. The predicted octanol–water partition coefficient (Wildman–Crippen LogP) is 5.18. The van der Waals surface area contributed by atoms with Gasteiger partial charge < -0.3 is 20.1 Å². The van der Waals surface area contributed by atoms with Crippen LogP contribution in [0.5, 0.6) is 0 Å².